The molecule has 0 radical (unpaired) electrons. The summed E-state index contributed by atoms with van der Waals surface area (Å²) < 4.78 is 0. The fraction of sp³-hybridized carbons (Fsp3) is 0.258. The Balaban J connectivity index is 1.36. The van der Waals surface area contributed by atoms with Crippen LogP contribution in [0.3, 0.4) is 0 Å². The molecule has 0 aliphatic carbocycles. The Hall–Kier alpha value is -3.47. The fourth-order valence-electron chi connectivity index (χ4n) is 5.48. The summed E-state index contributed by atoms with van der Waals surface area (Å²) in [7, 11) is 0. The topological polar surface area (TPSA) is 52.6 Å². The molecule has 0 amide bonds. The van der Waals surface area contributed by atoms with Crippen molar-refractivity contribution in [3.05, 3.63) is 119 Å². The third kappa shape index (κ3) is 5.29. The number of aromatic carboxylic acids is 1. The molecule has 1 heterocycles. The minimum atomic E-state index is -0.870. The normalized spacial score (nSPS) is 19.1. The van der Waals surface area contributed by atoms with Crippen LogP contribution in [0.4, 0.5) is 0 Å². The summed E-state index contributed by atoms with van der Waals surface area (Å²) in [4.78, 5) is 14.1. The summed E-state index contributed by atoms with van der Waals surface area (Å²) >= 11 is 0. The van der Waals surface area contributed by atoms with Gasteiger partial charge < -0.3 is 10.4 Å². The number of likely N-dealkylation sites (tertiary alicyclic amines) is 1. The van der Waals surface area contributed by atoms with Gasteiger partial charge in [0.2, 0.25) is 0 Å². The lowest BCUT2D eigenvalue weighted by Gasteiger charge is -2.23. The highest BCUT2D eigenvalue weighted by atomic mass is 16.4. The molecule has 4 heteroatoms. The molecule has 1 aliphatic heterocycles. The lowest BCUT2D eigenvalue weighted by molar-refractivity contribution is 0.0696. The van der Waals surface area contributed by atoms with Gasteiger partial charge in [0.05, 0.1) is 5.56 Å². The third-order valence-electron chi connectivity index (χ3n) is 7.30. The van der Waals surface area contributed by atoms with E-state index in [1.165, 1.54) is 21.9 Å². The number of fused-ring (bicyclic) bond motifs is 1. The Morgan fingerprint density at radius 3 is 2.51 bits per heavy atom. The van der Waals surface area contributed by atoms with Crippen LogP contribution in [-0.4, -0.2) is 35.6 Å². The fourth-order valence-corrected chi connectivity index (χ4v) is 5.48. The summed E-state index contributed by atoms with van der Waals surface area (Å²) in [6, 6.07) is 33.3. The summed E-state index contributed by atoms with van der Waals surface area (Å²) in [5, 5.41) is 15.9. The van der Waals surface area contributed by atoms with Gasteiger partial charge in [-0.05, 0) is 52.4 Å². The molecule has 5 rings (SSSR count). The highest BCUT2D eigenvalue weighted by Gasteiger charge is 2.34. The van der Waals surface area contributed by atoms with Crippen LogP contribution in [-0.2, 0) is 6.54 Å². The molecule has 3 atom stereocenters. The van der Waals surface area contributed by atoms with Crippen molar-refractivity contribution in [3.63, 3.8) is 0 Å². The molecule has 178 valence electrons. The van der Waals surface area contributed by atoms with E-state index in [0.29, 0.717) is 11.5 Å². The number of nitrogens with zero attached hydrogens (tertiary/aromatic N) is 1. The van der Waals surface area contributed by atoms with Crippen molar-refractivity contribution in [2.75, 3.05) is 19.6 Å². The van der Waals surface area contributed by atoms with E-state index in [2.05, 4.69) is 96.0 Å². The lowest BCUT2D eigenvalue weighted by atomic mass is 9.87. The molecule has 0 spiro atoms. The average Bonchev–Trinajstić information content (AvgIpc) is 3.30. The first-order valence-electron chi connectivity index (χ1n) is 12.4. The molecule has 0 unspecified atom stereocenters. The third-order valence-corrected chi connectivity index (χ3v) is 7.30. The maximum Gasteiger partial charge on any atom is 0.335 e. The Morgan fingerprint density at radius 1 is 0.943 bits per heavy atom. The number of rotatable bonds is 8. The molecular weight excluding hydrogens is 432 g/mol. The van der Waals surface area contributed by atoms with Crippen LogP contribution in [0.5, 0.6) is 0 Å². The summed E-state index contributed by atoms with van der Waals surface area (Å²) in [6.45, 7) is 5.92. The van der Waals surface area contributed by atoms with Gasteiger partial charge >= 0.3 is 5.97 Å². The number of benzene rings is 4. The molecule has 1 aliphatic rings. The molecule has 4 nitrogen and oxygen atoms in total. The van der Waals surface area contributed by atoms with Crippen molar-refractivity contribution < 1.29 is 9.90 Å². The maximum absolute atomic E-state index is 11.6. The quantitative estimate of drug-likeness (QED) is 0.331. The number of nitrogens with one attached hydrogen (secondary N) is 1. The van der Waals surface area contributed by atoms with Crippen LogP contribution in [0.25, 0.3) is 10.8 Å². The number of carbonyl (C=O) groups is 1. The van der Waals surface area contributed by atoms with Crippen LogP contribution < -0.4 is 5.32 Å². The molecule has 4 aromatic carbocycles. The molecule has 35 heavy (non-hydrogen) atoms. The van der Waals surface area contributed by atoms with E-state index in [0.717, 1.165) is 31.7 Å². The number of carboxylic acid groups (broad SMARTS) is 1. The second-order valence-electron chi connectivity index (χ2n) is 9.68. The van der Waals surface area contributed by atoms with Crippen molar-refractivity contribution in [3.8, 4) is 0 Å². The molecule has 1 saturated heterocycles. The predicted molar refractivity (Wildman–Crippen MR) is 142 cm³/mol. The van der Waals surface area contributed by atoms with Gasteiger partial charge in [0.1, 0.15) is 0 Å². The Morgan fingerprint density at radius 2 is 1.69 bits per heavy atom. The van der Waals surface area contributed by atoms with Crippen molar-refractivity contribution in [2.24, 2.45) is 5.92 Å². The van der Waals surface area contributed by atoms with E-state index < -0.39 is 5.97 Å². The number of hydrogen-bond acceptors (Lipinski definition) is 3. The van der Waals surface area contributed by atoms with E-state index >= 15 is 0 Å². The van der Waals surface area contributed by atoms with Crippen molar-refractivity contribution in [1.82, 2.24) is 10.2 Å². The van der Waals surface area contributed by atoms with Crippen LogP contribution in [0.1, 0.15) is 45.9 Å². The van der Waals surface area contributed by atoms with Crippen molar-refractivity contribution >= 4 is 16.7 Å². The average molecular weight is 465 g/mol. The molecule has 1 fully saturated rings. The molecule has 0 bridgehead atoms. The van der Waals surface area contributed by atoms with Gasteiger partial charge in [0.15, 0.2) is 0 Å². The van der Waals surface area contributed by atoms with Crippen molar-refractivity contribution in [2.45, 2.75) is 25.4 Å². The molecule has 2 N–H and O–H groups in total. The number of carboxylic acids is 1. The van der Waals surface area contributed by atoms with Gasteiger partial charge in [-0.15, -0.1) is 0 Å². The second-order valence-corrected chi connectivity index (χ2v) is 9.68. The first-order valence-corrected chi connectivity index (χ1v) is 12.4. The lowest BCUT2D eigenvalue weighted by Crippen LogP contribution is -2.30. The number of hydrogen-bond donors (Lipinski definition) is 2. The summed E-state index contributed by atoms with van der Waals surface area (Å²) in [6.07, 6.45) is 0. The summed E-state index contributed by atoms with van der Waals surface area (Å²) in [5.41, 5.74) is 4.10. The Labute approximate surface area is 207 Å². The first-order chi connectivity index (χ1) is 17.1. The summed E-state index contributed by atoms with van der Waals surface area (Å²) in [5.74, 6) is -0.198. The van der Waals surface area contributed by atoms with Gasteiger partial charge in [-0.1, -0.05) is 84.9 Å². The van der Waals surface area contributed by atoms with E-state index in [1.54, 1.807) is 6.07 Å². The SMILES string of the molecule is C[C@@H](NC[C@H]1CN(Cc2ccccc2)C[C@@H]1c1cccc(C(=O)O)c1)c1cccc2ccccc12. The highest BCUT2D eigenvalue weighted by molar-refractivity contribution is 5.88. The van der Waals surface area contributed by atoms with Gasteiger partial charge in [0, 0.05) is 38.1 Å². The maximum atomic E-state index is 11.6. The standard InChI is InChI=1S/C31H32N2O2/c1-22(28-16-8-12-24-11-5-6-15-29(24)28)32-18-27-20-33(19-23-9-3-2-4-10-23)21-30(27)25-13-7-14-26(17-25)31(34)35/h2-17,22,27,30,32H,18-21H2,1H3,(H,34,35)/t22-,27+,30-/m1/s1. The zero-order valence-corrected chi connectivity index (χ0v) is 20.1. The predicted octanol–water partition coefficient (Wildman–Crippen LogP) is 6.10. The minimum Gasteiger partial charge on any atom is -0.478 e. The van der Waals surface area contributed by atoms with E-state index in [-0.39, 0.29) is 12.0 Å². The second kappa shape index (κ2) is 10.4. The zero-order chi connectivity index (χ0) is 24.2. The molecule has 4 aromatic rings. The van der Waals surface area contributed by atoms with Gasteiger partial charge in [-0.3, -0.25) is 4.90 Å². The van der Waals surface area contributed by atoms with E-state index in [9.17, 15) is 9.90 Å². The van der Waals surface area contributed by atoms with Crippen molar-refractivity contribution in [1.29, 1.82) is 0 Å². The minimum absolute atomic E-state index is 0.218. The van der Waals surface area contributed by atoms with Gasteiger partial charge in [-0.2, -0.15) is 0 Å². The van der Waals surface area contributed by atoms with Gasteiger partial charge in [0.25, 0.3) is 0 Å². The van der Waals surface area contributed by atoms with Crippen LogP contribution in [0.2, 0.25) is 0 Å². The molecule has 0 saturated carbocycles. The zero-order valence-electron chi connectivity index (χ0n) is 20.1. The van der Waals surface area contributed by atoms with Crippen LogP contribution >= 0.6 is 0 Å². The molecular formula is C31H32N2O2. The Kier molecular flexibility index (Phi) is 6.94. The Bertz CT molecular complexity index is 1300. The van der Waals surface area contributed by atoms with Crippen LogP contribution in [0, 0.1) is 5.92 Å². The van der Waals surface area contributed by atoms with E-state index in [1.807, 2.05) is 12.1 Å². The van der Waals surface area contributed by atoms with Crippen LogP contribution in [0.15, 0.2) is 97.1 Å². The first kappa shape index (κ1) is 23.3. The smallest absolute Gasteiger partial charge is 0.335 e. The largest absolute Gasteiger partial charge is 0.478 e. The highest BCUT2D eigenvalue weighted by Crippen LogP contribution is 2.34. The monoisotopic (exact) mass is 464 g/mol. The molecule has 0 aromatic heterocycles. The van der Waals surface area contributed by atoms with Gasteiger partial charge in [-0.25, -0.2) is 4.79 Å². The van der Waals surface area contributed by atoms with E-state index in [4.69, 9.17) is 0 Å².